The molecule has 0 aliphatic carbocycles. The van der Waals surface area contributed by atoms with Crippen LogP contribution in [-0.2, 0) is 0 Å². The first kappa shape index (κ1) is 14.3. The van der Waals surface area contributed by atoms with Crippen LogP contribution in [0.25, 0.3) is 6.08 Å². The van der Waals surface area contributed by atoms with Gasteiger partial charge in [-0.3, -0.25) is 4.98 Å². The highest BCUT2D eigenvalue weighted by Gasteiger charge is 2.42. The molecule has 3 nitrogen and oxygen atoms in total. The first-order valence-corrected chi connectivity index (χ1v) is 7.27. The van der Waals surface area contributed by atoms with Gasteiger partial charge in [0.1, 0.15) is 22.8 Å². The maximum Gasteiger partial charge on any atom is 0.245 e. The van der Waals surface area contributed by atoms with E-state index < -0.39 is 0 Å². The summed E-state index contributed by atoms with van der Waals surface area (Å²) in [4.78, 5) is 8.60. The molecule has 0 amide bonds. The molecule has 0 spiro atoms. The minimum atomic E-state index is 0.339. The molecule has 0 N–H and O–H groups in total. The Hall–Kier alpha value is -1.68. The number of nitrogens with zero attached hydrogens (tertiary/aromatic N) is 3. The van der Waals surface area contributed by atoms with Crippen LogP contribution in [0, 0.1) is 0 Å². The van der Waals surface area contributed by atoms with E-state index >= 15 is 0 Å². The van der Waals surface area contributed by atoms with Crippen molar-refractivity contribution in [2.24, 2.45) is 0 Å². The van der Waals surface area contributed by atoms with Crippen LogP contribution in [0.5, 0.6) is 0 Å². The van der Waals surface area contributed by atoms with Crippen LogP contribution in [0.2, 0.25) is 10.0 Å². The van der Waals surface area contributed by atoms with Crippen LogP contribution >= 0.6 is 23.2 Å². The fraction of sp³-hybridized carbons (Fsp3) is 0.125. The summed E-state index contributed by atoms with van der Waals surface area (Å²) in [5.74, 6) is 0.899. The van der Waals surface area contributed by atoms with Crippen molar-refractivity contribution in [3.05, 3.63) is 64.7 Å². The van der Waals surface area contributed by atoms with Gasteiger partial charge in [-0.05, 0) is 24.6 Å². The van der Waals surface area contributed by atoms with E-state index in [1.807, 2.05) is 25.1 Å². The molecule has 3 rings (SSSR count). The highest BCUT2D eigenvalue weighted by atomic mass is 35.5. The highest BCUT2D eigenvalue weighted by molar-refractivity contribution is 6.39. The maximum absolute atomic E-state index is 6.40. The lowest BCUT2D eigenvalue weighted by atomic mass is 10.2. The number of quaternary nitrogens is 1. The van der Waals surface area contributed by atoms with Crippen molar-refractivity contribution >= 4 is 40.8 Å². The number of hydrogen-bond donors (Lipinski definition) is 0. The number of fused-ring (bicyclic) bond motifs is 1. The van der Waals surface area contributed by atoms with Gasteiger partial charge in [-0.25, -0.2) is 9.47 Å². The number of aromatic nitrogens is 2. The smallest absolute Gasteiger partial charge is 0.245 e. The van der Waals surface area contributed by atoms with Crippen LogP contribution in [0.3, 0.4) is 0 Å². The quantitative estimate of drug-likeness (QED) is 0.589. The molecule has 106 valence electrons. The minimum Gasteiger partial charge on any atom is -0.261 e. The van der Waals surface area contributed by atoms with Crippen LogP contribution in [0.1, 0.15) is 12.5 Å². The Morgan fingerprint density at radius 1 is 1.29 bits per heavy atom. The van der Waals surface area contributed by atoms with Crippen molar-refractivity contribution in [1.82, 2.24) is 14.5 Å². The largest absolute Gasteiger partial charge is 0.261 e. The average molecular weight is 319 g/mol. The second kappa shape index (κ2) is 5.26. The van der Waals surface area contributed by atoms with E-state index in [-0.39, 0.29) is 0 Å². The molecular weight excluding hydrogens is 305 g/mol. The Kier molecular flexibility index (Phi) is 3.57. The molecule has 1 atom stereocenters. The Bertz CT molecular complexity index is 735. The molecule has 0 saturated carbocycles. The van der Waals surface area contributed by atoms with Gasteiger partial charge in [0.05, 0.1) is 18.0 Å². The summed E-state index contributed by atoms with van der Waals surface area (Å²) in [7, 11) is 0. The Labute approximate surface area is 133 Å². The standard InChI is InChI=1S/C16H14Cl2N3/c1-11(2)10-21(15-13(17)8-19-9-14(15)18)7-5-12-4-3-6-20-16(12)21/h3-9H,1,10H2,2H3/q+1. The number of rotatable bonds is 3. The van der Waals surface area contributed by atoms with E-state index in [2.05, 4.69) is 22.7 Å². The van der Waals surface area contributed by atoms with E-state index in [4.69, 9.17) is 23.2 Å². The van der Waals surface area contributed by atoms with Crippen molar-refractivity contribution in [3.8, 4) is 0 Å². The Balaban J connectivity index is 2.31. The molecule has 2 aromatic rings. The molecule has 3 heterocycles. The summed E-state index contributed by atoms with van der Waals surface area (Å²) < 4.78 is 0.339. The predicted molar refractivity (Wildman–Crippen MR) is 88.7 cm³/mol. The number of hydrogen-bond acceptors (Lipinski definition) is 2. The Morgan fingerprint density at radius 3 is 2.67 bits per heavy atom. The van der Waals surface area contributed by atoms with Crippen LogP contribution < -0.4 is 4.48 Å². The fourth-order valence-electron chi connectivity index (χ4n) is 2.75. The molecule has 1 unspecified atom stereocenters. The zero-order valence-corrected chi connectivity index (χ0v) is 13.1. The molecule has 0 aromatic carbocycles. The van der Waals surface area contributed by atoms with Gasteiger partial charge in [-0.1, -0.05) is 29.8 Å². The summed E-state index contributed by atoms with van der Waals surface area (Å²) in [6.45, 7) is 6.67. The van der Waals surface area contributed by atoms with E-state index in [0.29, 0.717) is 21.1 Å². The van der Waals surface area contributed by atoms with Gasteiger partial charge in [0.2, 0.25) is 5.82 Å². The van der Waals surface area contributed by atoms with E-state index in [1.54, 1.807) is 18.6 Å². The van der Waals surface area contributed by atoms with E-state index in [9.17, 15) is 0 Å². The molecule has 21 heavy (non-hydrogen) atoms. The van der Waals surface area contributed by atoms with E-state index in [1.165, 1.54) is 0 Å². The van der Waals surface area contributed by atoms with Gasteiger partial charge in [0.15, 0.2) is 5.69 Å². The van der Waals surface area contributed by atoms with Crippen molar-refractivity contribution in [2.75, 3.05) is 6.54 Å². The van der Waals surface area contributed by atoms with Gasteiger partial charge in [-0.15, -0.1) is 0 Å². The highest BCUT2D eigenvalue weighted by Crippen LogP contribution is 2.48. The maximum atomic E-state index is 6.40. The van der Waals surface area contributed by atoms with Crippen LogP contribution in [0.4, 0.5) is 11.5 Å². The first-order valence-electron chi connectivity index (χ1n) is 6.51. The zero-order chi connectivity index (χ0) is 15.0. The third-order valence-corrected chi connectivity index (χ3v) is 4.00. The monoisotopic (exact) mass is 318 g/mol. The third kappa shape index (κ3) is 2.27. The van der Waals surface area contributed by atoms with Crippen molar-refractivity contribution in [2.45, 2.75) is 6.92 Å². The van der Waals surface area contributed by atoms with Crippen LogP contribution in [0.15, 0.2) is 49.1 Å². The van der Waals surface area contributed by atoms with Gasteiger partial charge >= 0.3 is 0 Å². The zero-order valence-electron chi connectivity index (χ0n) is 11.6. The lowest BCUT2D eigenvalue weighted by Gasteiger charge is -2.32. The van der Waals surface area contributed by atoms with Gasteiger partial charge < -0.3 is 0 Å². The molecule has 1 aliphatic heterocycles. The normalized spacial score (nSPS) is 19.6. The molecule has 5 heteroatoms. The summed E-state index contributed by atoms with van der Waals surface area (Å²) in [6, 6.07) is 3.94. The molecule has 2 aromatic heterocycles. The minimum absolute atomic E-state index is 0.339. The van der Waals surface area contributed by atoms with Gasteiger partial charge in [0, 0.05) is 12.3 Å². The van der Waals surface area contributed by atoms with Crippen molar-refractivity contribution in [1.29, 1.82) is 0 Å². The summed E-state index contributed by atoms with van der Waals surface area (Å²) in [5.41, 5.74) is 2.86. The molecule has 0 radical (unpaired) electrons. The molecule has 0 bridgehead atoms. The lowest BCUT2D eigenvalue weighted by Crippen LogP contribution is -2.39. The predicted octanol–water partition coefficient (Wildman–Crippen LogP) is 4.98. The van der Waals surface area contributed by atoms with Gasteiger partial charge in [0.25, 0.3) is 0 Å². The topological polar surface area (TPSA) is 25.8 Å². The lowest BCUT2D eigenvalue weighted by molar-refractivity contribution is 0.540. The molecular formula is C16H14Cl2N3+. The molecule has 0 saturated heterocycles. The van der Waals surface area contributed by atoms with Gasteiger partial charge in [-0.2, -0.15) is 0 Å². The second-order valence-electron chi connectivity index (χ2n) is 5.17. The third-order valence-electron chi connectivity index (χ3n) is 3.45. The summed E-state index contributed by atoms with van der Waals surface area (Å²) >= 11 is 12.8. The van der Waals surface area contributed by atoms with Crippen LogP contribution in [-0.4, -0.2) is 16.5 Å². The Morgan fingerprint density at radius 2 is 2.00 bits per heavy atom. The first-order chi connectivity index (χ1) is 10.0. The molecule has 1 aliphatic rings. The summed E-state index contributed by atoms with van der Waals surface area (Å²) in [6.07, 6.45) is 9.09. The van der Waals surface area contributed by atoms with Crippen molar-refractivity contribution < 1.29 is 0 Å². The summed E-state index contributed by atoms with van der Waals surface area (Å²) in [5, 5.41) is 1.04. The fourth-order valence-corrected chi connectivity index (χ4v) is 3.42. The second-order valence-corrected chi connectivity index (χ2v) is 5.98. The van der Waals surface area contributed by atoms with E-state index in [0.717, 1.165) is 22.6 Å². The van der Waals surface area contributed by atoms with Crippen molar-refractivity contribution in [3.63, 3.8) is 0 Å². The number of halogens is 2. The average Bonchev–Trinajstić information content (AvgIpc) is 2.78. The number of pyridine rings is 2. The molecule has 0 fully saturated rings. The SMILES string of the molecule is C=C(C)C[N+]1(c2c(Cl)cncc2Cl)C=Cc2cccnc21.